The van der Waals surface area contributed by atoms with Gasteiger partial charge in [0, 0.05) is 56.3 Å². The number of carbonyl (C=O) groups is 2. The fourth-order valence-electron chi connectivity index (χ4n) is 6.62. The summed E-state index contributed by atoms with van der Waals surface area (Å²) in [5, 5.41) is 3.09. The molecule has 0 bridgehead atoms. The summed E-state index contributed by atoms with van der Waals surface area (Å²) >= 11 is 0. The molecule has 50 heavy (non-hydrogen) atoms. The van der Waals surface area contributed by atoms with E-state index < -0.39 is 0 Å². The molecule has 0 aromatic heterocycles. The lowest BCUT2D eigenvalue weighted by Gasteiger charge is -2.19. The smallest absolute Gasteiger partial charge is 0.260 e. The van der Waals surface area contributed by atoms with Crippen molar-refractivity contribution in [2.75, 3.05) is 33.9 Å². The van der Waals surface area contributed by atoms with Crippen molar-refractivity contribution in [3.8, 4) is 17.2 Å². The molecule has 2 amide bonds. The maximum Gasteiger partial charge on any atom is 0.260 e. The number of methoxy groups -OCH3 is 1. The lowest BCUT2D eigenvalue weighted by Crippen LogP contribution is -2.32. The first kappa shape index (κ1) is 33.0. The molecule has 0 fully saturated rings. The third kappa shape index (κ3) is 6.58. The number of fused-ring (bicyclic) bond motifs is 4. The number of amides is 2. The highest BCUT2D eigenvalue weighted by Gasteiger charge is 2.34. The van der Waals surface area contributed by atoms with Crippen LogP contribution in [0.3, 0.4) is 0 Å². The van der Waals surface area contributed by atoms with Gasteiger partial charge in [-0.15, -0.1) is 0 Å². The van der Waals surface area contributed by atoms with E-state index in [4.69, 9.17) is 19.2 Å². The molecule has 3 aromatic carbocycles. The van der Waals surface area contributed by atoms with Crippen molar-refractivity contribution < 1.29 is 23.8 Å². The van der Waals surface area contributed by atoms with E-state index in [0.717, 1.165) is 35.2 Å². The minimum absolute atomic E-state index is 0.0628. The van der Waals surface area contributed by atoms with Gasteiger partial charge in [0.25, 0.3) is 11.8 Å². The second-order valence-corrected chi connectivity index (χ2v) is 12.9. The van der Waals surface area contributed by atoms with E-state index in [0.29, 0.717) is 65.8 Å². The van der Waals surface area contributed by atoms with Gasteiger partial charge in [-0.1, -0.05) is 42.0 Å². The Morgan fingerprint density at radius 3 is 2.16 bits per heavy atom. The van der Waals surface area contributed by atoms with Crippen molar-refractivity contribution in [3.05, 3.63) is 106 Å². The Morgan fingerprint density at radius 1 is 0.820 bits per heavy atom. The predicted molar refractivity (Wildman–Crippen MR) is 196 cm³/mol. The van der Waals surface area contributed by atoms with Crippen LogP contribution in [-0.4, -0.2) is 80.0 Å². The van der Waals surface area contributed by atoms with Crippen LogP contribution in [0.15, 0.2) is 88.6 Å². The van der Waals surface area contributed by atoms with Crippen LogP contribution in [0.25, 0.3) is 5.57 Å². The van der Waals surface area contributed by atoms with Gasteiger partial charge in [0.2, 0.25) is 0 Å². The highest BCUT2D eigenvalue weighted by atomic mass is 16.5. The highest BCUT2D eigenvalue weighted by molar-refractivity contribution is 6.06. The average Bonchev–Trinajstić information content (AvgIpc) is 3.68. The first-order valence-corrected chi connectivity index (χ1v) is 17.0. The Balaban J connectivity index is 0.974. The van der Waals surface area contributed by atoms with E-state index in [-0.39, 0.29) is 23.9 Å². The van der Waals surface area contributed by atoms with Gasteiger partial charge >= 0.3 is 0 Å². The Hall–Kier alpha value is -5.48. The number of nitrogens with zero attached hydrogens (tertiary/aromatic N) is 4. The van der Waals surface area contributed by atoms with Crippen molar-refractivity contribution in [2.45, 2.75) is 45.2 Å². The lowest BCUT2D eigenvalue weighted by atomic mass is 10.0. The summed E-state index contributed by atoms with van der Waals surface area (Å²) < 4.78 is 17.9. The quantitative estimate of drug-likeness (QED) is 0.227. The topological polar surface area (TPSA) is 105 Å². The summed E-state index contributed by atoms with van der Waals surface area (Å²) in [4.78, 5) is 40.1. The summed E-state index contributed by atoms with van der Waals surface area (Å²) in [7, 11) is 3.46. The van der Waals surface area contributed by atoms with Crippen LogP contribution in [0.4, 0.5) is 11.4 Å². The van der Waals surface area contributed by atoms with Crippen LogP contribution in [0, 0.1) is 13.8 Å². The Labute approximate surface area is 292 Å². The maximum atomic E-state index is 13.7. The van der Waals surface area contributed by atoms with Crippen LogP contribution in [-0.2, 0) is 0 Å². The molecular weight excluding hydrogens is 630 g/mol. The molecule has 0 saturated carbocycles. The molecule has 4 aliphatic rings. The zero-order valence-corrected chi connectivity index (χ0v) is 28.8. The average molecular weight is 672 g/mol. The zero-order chi connectivity index (χ0) is 34.8. The number of ether oxygens (including phenoxy) is 3. The molecule has 2 atom stereocenters. The summed E-state index contributed by atoms with van der Waals surface area (Å²) in [6.45, 7) is 5.52. The molecule has 0 saturated heterocycles. The molecule has 0 spiro atoms. The number of likely N-dealkylation sites (N-methyl/N-ethyl adjacent to an activating group) is 1. The van der Waals surface area contributed by atoms with Crippen LogP contribution < -0.4 is 19.5 Å². The number of aliphatic imine (C=N–C) groups is 2. The predicted octanol–water partition coefficient (Wildman–Crippen LogP) is 6.72. The van der Waals surface area contributed by atoms with Gasteiger partial charge in [-0.3, -0.25) is 19.6 Å². The van der Waals surface area contributed by atoms with Crippen molar-refractivity contribution >= 4 is 41.2 Å². The van der Waals surface area contributed by atoms with E-state index in [1.165, 1.54) is 5.56 Å². The first-order chi connectivity index (χ1) is 24.3. The second kappa shape index (κ2) is 14.2. The molecule has 10 heteroatoms. The monoisotopic (exact) mass is 671 g/mol. The van der Waals surface area contributed by atoms with Crippen molar-refractivity contribution in [1.82, 2.24) is 15.1 Å². The van der Waals surface area contributed by atoms with E-state index in [9.17, 15) is 9.59 Å². The van der Waals surface area contributed by atoms with Gasteiger partial charge in [-0.25, -0.2) is 0 Å². The van der Waals surface area contributed by atoms with Gasteiger partial charge in [-0.05, 0) is 61.7 Å². The van der Waals surface area contributed by atoms with E-state index >= 15 is 0 Å². The molecule has 0 aliphatic carbocycles. The zero-order valence-electron chi connectivity index (χ0n) is 28.8. The van der Waals surface area contributed by atoms with Crippen molar-refractivity contribution in [1.29, 1.82) is 0 Å². The maximum absolute atomic E-state index is 13.7. The molecule has 7 rings (SSSR count). The normalized spacial score (nSPS) is 19.0. The molecule has 3 aromatic rings. The molecule has 0 radical (unpaired) electrons. The number of nitrogens with one attached hydrogen (secondary N) is 1. The molecule has 0 unspecified atom stereocenters. The van der Waals surface area contributed by atoms with Crippen molar-refractivity contribution in [2.24, 2.45) is 9.98 Å². The van der Waals surface area contributed by atoms with E-state index in [2.05, 4.69) is 53.7 Å². The highest BCUT2D eigenvalue weighted by Crippen LogP contribution is 2.40. The molecule has 4 heterocycles. The summed E-state index contributed by atoms with van der Waals surface area (Å²) in [5.74, 6) is 1.47. The molecular formula is C40H41N5O5. The standard InChI is InChI=1S/C40H41N5O5/c1-25-8-10-28(11-9-25)29-17-31-22-43-35-20-38(37(48-4)18-33(35)40(47)45(31)24-29)50-14-6-13-49-36-19-34-32(15-26(36)2)39(46)44-23-27(7-5-12-41-3)16-30(44)21-42-34/h5,7-11,15,18-24,30-31,41H,6,12-14,16-17H2,1-4H3/b7-5+/t30-,31-/m0/s1. The summed E-state index contributed by atoms with van der Waals surface area (Å²) in [6.07, 6.45) is 13.7. The second-order valence-electron chi connectivity index (χ2n) is 12.9. The fraction of sp³-hybridized carbons (Fsp3) is 0.300. The van der Waals surface area contributed by atoms with Crippen LogP contribution in [0.5, 0.6) is 17.2 Å². The van der Waals surface area contributed by atoms with Gasteiger partial charge in [0.1, 0.15) is 5.75 Å². The number of benzene rings is 3. The summed E-state index contributed by atoms with van der Waals surface area (Å²) in [5.41, 5.74) is 7.56. The molecule has 4 aliphatic heterocycles. The van der Waals surface area contributed by atoms with Crippen LogP contribution >= 0.6 is 0 Å². The molecule has 256 valence electrons. The van der Waals surface area contributed by atoms with Gasteiger partial charge in [0.15, 0.2) is 11.5 Å². The largest absolute Gasteiger partial charge is 0.493 e. The third-order valence-electron chi connectivity index (χ3n) is 9.34. The minimum atomic E-state index is -0.156. The Bertz CT molecular complexity index is 1980. The van der Waals surface area contributed by atoms with Crippen LogP contribution in [0.2, 0.25) is 0 Å². The number of aryl methyl sites for hydroxylation is 2. The number of hydrogen-bond donors (Lipinski definition) is 1. The Kier molecular flexibility index (Phi) is 9.36. The number of allylic oxidation sites excluding steroid dienone is 1. The van der Waals surface area contributed by atoms with Gasteiger partial charge in [-0.2, -0.15) is 0 Å². The SMILES string of the molecule is CNC/C=C/C1=CN2C(=O)c3cc(C)c(OCCCOc4cc5c(cc4OC)C(=O)N4C=C(c6ccc(C)cc6)C[C@H]4C=N5)cc3N=C[C@@H]2C1. The van der Waals surface area contributed by atoms with Gasteiger partial charge in [0.05, 0.1) is 54.9 Å². The Morgan fingerprint density at radius 2 is 1.46 bits per heavy atom. The van der Waals surface area contributed by atoms with Crippen LogP contribution in [0.1, 0.15) is 56.7 Å². The lowest BCUT2D eigenvalue weighted by molar-refractivity contribution is 0.0809. The molecule has 10 nitrogen and oxygen atoms in total. The molecule has 1 N–H and O–H groups in total. The van der Waals surface area contributed by atoms with E-state index in [1.807, 2.05) is 50.9 Å². The van der Waals surface area contributed by atoms with E-state index in [1.54, 1.807) is 29.0 Å². The van der Waals surface area contributed by atoms with Gasteiger partial charge < -0.3 is 29.3 Å². The minimum Gasteiger partial charge on any atom is -0.493 e. The fourth-order valence-corrected chi connectivity index (χ4v) is 6.62. The number of carbonyl (C=O) groups excluding carboxylic acids is 2. The van der Waals surface area contributed by atoms with Crippen molar-refractivity contribution in [3.63, 3.8) is 0 Å². The third-order valence-corrected chi connectivity index (χ3v) is 9.34. The number of rotatable bonds is 11. The summed E-state index contributed by atoms with van der Waals surface area (Å²) in [6, 6.07) is 15.3. The first-order valence-electron chi connectivity index (χ1n) is 17.0. The number of hydrogen-bond acceptors (Lipinski definition) is 8.